The average molecular weight is 422 g/mol. The van der Waals surface area contributed by atoms with Crippen LogP contribution >= 0.6 is 0 Å². The number of ether oxygens (including phenoxy) is 1. The van der Waals surface area contributed by atoms with E-state index in [9.17, 15) is 19.2 Å². The van der Waals surface area contributed by atoms with Crippen molar-refractivity contribution in [2.45, 2.75) is 33.1 Å². The SMILES string of the molecule is CC(C)CC(=O)Nc1ccc(C(=O)COC(=O)c2ccc(N3CCCC3=O)cc2)cc1. The number of rotatable bonds is 8. The Hall–Kier alpha value is -3.48. The number of amides is 2. The number of esters is 1. The predicted molar refractivity (Wildman–Crippen MR) is 117 cm³/mol. The molecule has 0 spiro atoms. The van der Waals surface area contributed by atoms with E-state index < -0.39 is 5.97 Å². The summed E-state index contributed by atoms with van der Waals surface area (Å²) in [5.41, 5.74) is 2.05. The lowest BCUT2D eigenvalue weighted by molar-refractivity contribution is -0.117. The summed E-state index contributed by atoms with van der Waals surface area (Å²) in [5, 5.41) is 2.78. The lowest BCUT2D eigenvalue weighted by Crippen LogP contribution is -2.23. The van der Waals surface area contributed by atoms with Crippen molar-refractivity contribution in [3.63, 3.8) is 0 Å². The first-order valence-electron chi connectivity index (χ1n) is 10.3. The van der Waals surface area contributed by atoms with Crippen molar-refractivity contribution in [3.8, 4) is 0 Å². The highest BCUT2D eigenvalue weighted by atomic mass is 16.5. The maximum Gasteiger partial charge on any atom is 0.338 e. The Kier molecular flexibility index (Phi) is 7.18. The Morgan fingerprint density at radius 3 is 2.23 bits per heavy atom. The monoisotopic (exact) mass is 422 g/mol. The molecule has 1 fully saturated rings. The third kappa shape index (κ3) is 6.01. The number of nitrogens with zero attached hydrogens (tertiary/aromatic N) is 1. The van der Waals surface area contributed by atoms with Gasteiger partial charge in [-0.1, -0.05) is 13.8 Å². The standard InChI is InChI=1S/C24H26N2O5/c1-16(2)14-22(28)25-19-9-5-17(6-10-19)21(27)15-31-24(30)18-7-11-20(12-8-18)26-13-3-4-23(26)29/h5-12,16H,3-4,13-15H2,1-2H3,(H,25,28). The molecular formula is C24H26N2O5. The average Bonchev–Trinajstić information content (AvgIpc) is 3.17. The fourth-order valence-corrected chi connectivity index (χ4v) is 3.32. The number of carbonyl (C=O) groups excluding carboxylic acids is 4. The van der Waals surface area contributed by atoms with Crippen molar-refractivity contribution >= 4 is 34.9 Å². The minimum absolute atomic E-state index is 0.0754. The predicted octanol–water partition coefficient (Wildman–Crippen LogP) is 3.84. The highest BCUT2D eigenvalue weighted by Crippen LogP contribution is 2.22. The molecule has 0 aromatic heterocycles. The molecule has 31 heavy (non-hydrogen) atoms. The third-order valence-corrected chi connectivity index (χ3v) is 4.91. The van der Waals surface area contributed by atoms with Crippen LogP contribution in [0.3, 0.4) is 0 Å². The number of benzene rings is 2. The molecular weight excluding hydrogens is 396 g/mol. The molecule has 0 bridgehead atoms. The number of ketones is 1. The van der Waals surface area contributed by atoms with Gasteiger partial charge in [0.25, 0.3) is 0 Å². The fraction of sp³-hybridized carbons (Fsp3) is 0.333. The number of hydrogen-bond donors (Lipinski definition) is 1. The molecule has 162 valence electrons. The van der Waals surface area contributed by atoms with Crippen molar-refractivity contribution in [2.24, 2.45) is 5.92 Å². The van der Waals surface area contributed by atoms with E-state index in [-0.39, 0.29) is 30.1 Å². The summed E-state index contributed by atoms with van der Waals surface area (Å²) >= 11 is 0. The minimum Gasteiger partial charge on any atom is -0.454 e. The van der Waals surface area contributed by atoms with E-state index in [2.05, 4.69) is 5.32 Å². The van der Waals surface area contributed by atoms with Gasteiger partial charge in [-0.2, -0.15) is 0 Å². The second-order valence-corrected chi connectivity index (χ2v) is 7.92. The molecule has 0 unspecified atom stereocenters. The Bertz CT molecular complexity index is 964. The summed E-state index contributed by atoms with van der Waals surface area (Å²) in [6, 6.07) is 13.0. The summed E-state index contributed by atoms with van der Waals surface area (Å²) in [7, 11) is 0. The first-order valence-corrected chi connectivity index (χ1v) is 10.3. The Balaban J connectivity index is 1.51. The van der Waals surface area contributed by atoms with Crippen LogP contribution < -0.4 is 10.2 Å². The number of nitrogens with one attached hydrogen (secondary N) is 1. The Morgan fingerprint density at radius 1 is 1.00 bits per heavy atom. The van der Waals surface area contributed by atoms with Gasteiger partial charge < -0.3 is 15.0 Å². The molecule has 2 aromatic carbocycles. The van der Waals surface area contributed by atoms with Crippen molar-refractivity contribution in [2.75, 3.05) is 23.4 Å². The maximum absolute atomic E-state index is 12.3. The van der Waals surface area contributed by atoms with Gasteiger partial charge in [-0.25, -0.2) is 4.79 Å². The molecule has 1 aliphatic rings. The number of carbonyl (C=O) groups is 4. The van der Waals surface area contributed by atoms with Gasteiger partial charge in [-0.3, -0.25) is 14.4 Å². The zero-order valence-electron chi connectivity index (χ0n) is 17.7. The van der Waals surface area contributed by atoms with Crippen LogP contribution in [-0.4, -0.2) is 36.7 Å². The van der Waals surface area contributed by atoms with Gasteiger partial charge in [0.1, 0.15) is 0 Å². The first-order chi connectivity index (χ1) is 14.8. The molecule has 0 atom stereocenters. The van der Waals surface area contributed by atoms with Crippen LogP contribution in [0.4, 0.5) is 11.4 Å². The summed E-state index contributed by atoms with van der Waals surface area (Å²) in [6.07, 6.45) is 1.79. The molecule has 1 heterocycles. The van der Waals surface area contributed by atoms with Crippen molar-refractivity contribution < 1.29 is 23.9 Å². The molecule has 1 saturated heterocycles. The van der Waals surface area contributed by atoms with Crippen LogP contribution in [-0.2, 0) is 14.3 Å². The summed E-state index contributed by atoms with van der Waals surface area (Å²) < 4.78 is 5.13. The molecule has 7 nitrogen and oxygen atoms in total. The molecule has 1 aliphatic heterocycles. The summed E-state index contributed by atoms with van der Waals surface area (Å²) in [4.78, 5) is 49.8. The molecule has 7 heteroatoms. The van der Waals surface area contributed by atoms with Crippen molar-refractivity contribution in [1.82, 2.24) is 0 Å². The second kappa shape index (κ2) is 10.0. The van der Waals surface area contributed by atoms with E-state index in [4.69, 9.17) is 4.74 Å². The van der Waals surface area contributed by atoms with Gasteiger partial charge >= 0.3 is 5.97 Å². The number of hydrogen-bond acceptors (Lipinski definition) is 5. The quantitative estimate of drug-likeness (QED) is 0.515. The molecule has 2 amide bonds. The van der Waals surface area contributed by atoms with Gasteiger partial charge in [0.15, 0.2) is 12.4 Å². The van der Waals surface area contributed by atoms with Crippen molar-refractivity contribution in [3.05, 3.63) is 59.7 Å². The largest absolute Gasteiger partial charge is 0.454 e. The van der Waals surface area contributed by atoms with Gasteiger partial charge in [0.05, 0.1) is 5.56 Å². The lowest BCUT2D eigenvalue weighted by atomic mass is 10.1. The lowest BCUT2D eigenvalue weighted by Gasteiger charge is -2.15. The van der Waals surface area contributed by atoms with Gasteiger partial charge in [-0.05, 0) is 60.9 Å². The molecule has 1 N–H and O–H groups in total. The van der Waals surface area contributed by atoms with Crippen LogP contribution in [0.5, 0.6) is 0 Å². The first kappa shape index (κ1) is 22.2. The number of anilines is 2. The van der Waals surface area contributed by atoms with Gasteiger partial charge in [-0.15, -0.1) is 0 Å². The van der Waals surface area contributed by atoms with Crippen LogP contribution in [0.2, 0.25) is 0 Å². The Labute approximate surface area is 181 Å². The second-order valence-electron chi connectivity index (χ2n) is 7.92. The van der Waals surface area contributed by atoms with Crippen LogP contribution in [0.1, 0.15) is 53.8 Å². The highest BCUT2D eigenvalue weighted by Gasteiger charge is 2.22. The number of Topliss-reactive ketones (excluding diaryl/α,β-unsaturated/α-hetero) is 1. The minimum atomic E-state index is -0.606. The van der Waals surface area contributed by atoms with E-state index in [0.717, 1.165) is 12.1 Å². The molecule has 2 aromatic rings. The van der Waals surface area contributed by atoms with E-state index in [1.807, 2.05) is 13.8 Å². The molecule has 3 rings (SSSR count). The van der Waals surface area contributed by atoms with Crippen LogP contribution in [0.15, 0.2) is 48.5 Å². The molecule has 0 radical (unpaired) electrons. The van der Waals surface area contributed by atoms with Crippen LogP contribution in [0, 0.1) is 5.92 Å². The van der Waals surface area contributed by atoms with E-state index in [1.54, 1.807) is 53.4 Å². The highest BCUT2D eigenvalue weighted by molar-refractivity contribution is 6.00. The van der Waals surface area contributed by atoms with E-state index >= 15 is 0 Å². The third-order valence-electron chi connectivity index (χ3n) is 4.91. The molecule has 0 aliphatic carbocycles. The van der Waals surface area contributed by atoms with E-state index in [1.165, 1.54) is 0 Å². The summed E-state index contributed by atoms with van der Waals surface area (Å²) in [6.45, 7) is 4.22. The molecule has 0 saturated carbocycles. The zero-order valence-corrected chi connectivity index (χ0v) is 17.7. The van der Waals surface area contributed by atoms with Crippen molar-refractivity contribution in [1.29, 1.82) is 0 Å². The maximum atomic E-state index is 12.3. The topological polar surface area (TPSA) is 92.8 Å². The van der Waals surface area contributed by atoms with Gasteiger partial charge in [0, 0.05) is 36.3 Å². The smallest absolute Gasteiger partial charge is 0.338 e. The normalized spacial score (nSPS) is 13.4. The summed E-state index contributed by atoms with van der Waals surface area (Å²) in [5.74, 6) is -0.693. The fourth-order valence-electron chi connectivity index (χ4n) is 3.32. The van der Waals surface area contributed by atoms with Crippen LogP contribution in [0.25, 0.3) is 0 Å². The zero-order chi connectivity index (χ0) is 22.4. The Morgan fingerprint density at radius 2 is 1.65 bits per heavy atom. The van der Waals surface area contributed by atoms with Gasteiger partial charge in [0.2, 0.25) is 11.8 Å². The van der Waals surface area contributed by atoms with E-state index in [0.29, 0.717) is 36.2 Å².